The Morgan fingerprint density at radius 1 is 0.905 bits per heavy atom. The molecule has 0 bridgehead atoms. The maximum absolute atomic E-state index is 4.84. The Labute approximate surface area is 125 Å². The number of fused-ring (bicyclic) bond motifs is 5. The highest BCUT2D eigenvalue weighted by atomic mass is 15.1. The van der Waals surface area contributed by atoms with E-state index in [1.54, 1.807) is 0 Å². The zero-order valence-corrected chi connectivity index (χ0v) is 12.4. The van der Waals surface area contributed by atoms with Crippen LogP contribution in [-0.4, -0.2) is 18.8 Å². The molecule has 2 aromatic carbocycles. The van der Waals surface area contributed by atoms with Gasteiger partial charge in [0.1, 0.15) is 0 Å². The van der Waals surface area contributed by atoms with Gasteiger partial charge in [-0.1, -0.05) is 30.3 Å². The Kier molecular flexibility index (Phi) is 2.71. The Morgan fingerprint density at radius 2 is 1.67 bits per heavy atom. The summed E-state index contributed by atoms with van der Waals surface area (Å²) < 4.78 is 0. The lowest BCUT2D eigenvalue weighted by molar-refractivity contribution is 0.865. The molecule has 2 heteroatoms. The van der Waals surface area contributed by atoms with E-state index in [9.17, 15) is 0 Å². The van der Waals surface area contributed by atoms with E-state index >= 15 is 0 Å². The Balaban J connectivity index is 1.90. The molecule has 0 atom stereocenters. The van der Waals surface area contributed by atoms with Gasteiger partial charge >= 0.3 is 0 Å². The van der Waals surface area contributed by atoms with Crippen LogP contribution in [0, 0.1) is 0 Å². The van der Waals surface area contributed by atoms with Gasteiger partial charge in [-0.15, -0.1) is 0 Å². The van der Waals surface area contributed by atoms with Crippen LogP contribution in [0.1, 0.15) is 30.5 Å². The molecule has 104 valence electrons. The van der Waals surface area contributed by atoms with Gasteiger partial charge in [0, 0.05) is 41.0 Å². The van der Waals surface area contributed by atoms with Crippen molar-refractivity contribution >= 4 is 28.7 Å². The minimum atomic E-state index is 1.03. The first kappa shape index (κ1) is 12.4. The molecular weight excluding hydrogens is 256 g/mol. The summed E-state index contributed by atoms with van der Waals surface area (Å²) in [5.41, 5.74) is 8.68. The number of rotatable bonds is 3. The van der Waals surface area contributed by atoms with Crippen LogP contribution in [0.25, 0.3) is 11.6 Å². The second kappa shape index (κ2) is 4.59. The molecular formula is C19H18N2. The first-order chi connectivity index (χ1) is 10.3. The summed E-state index contributed by atoms with van der Waals surface area (Å²) in [6.45, 7) is 6.47. The average Bonchev–Trinajstić information content (AvgIpc) is 3.05. The lowest BCUT2D eigenvalue weighted by Gasteiger charge is -2.23. The highest BCUT2D eigenvalue weighted by Crippen LogP contribution is 2.44. The third kappa shape index (κ3) is 1.69. The minimum absolute atomic E-state index is 1.03. The van der Waals surface area contributed by atoms with E-state index in [4.69, 9.17) is 4.99 Å². The van der Waals surface area contributed by atoms with Gasteiger partial charge in [-0.2, -0.15) is 0 Å². The van der Waals surface area contributed by atoms with Crippen LogP contribution in [0.5, 0.6) is 0 Å². The highest BCUT2D eigenvalue weighted by Gasteiger charge is 2.29. The van der Waals surface area contributed by atoms with Gasteiger partial charge in [0.25, 0.3) is 0 Å². The fourth-order valence-electron chi connectivity index (χ4n) is 3.35. The molecule has 0 N–H and O–H groups in total. The van der Waals surface area contributed by atoms with Gasteiger partial charge in [0.15, 0.2) is 0 Å². The van der Waals surface area contributed by atoms with Crippen LogP contribution in [0.2, 0.25) is 0 Å². The first-order valence-electron chi connectivity index (χ1n) is 7.62. The molecule has 21 heavy (non-hydrogen) atoms. The number of benzene rings is 2. The molecule has 0 spiro atoms. The van der Waals surface area contributed by atoms with Crippen molar-refractivity contribution in [2.75, 3.05) is 18.0 Å². The molecule has 2 aliphatic rings. The normalized spacial score (nSPS) is 14.2. The summed E-state index contributed by atoms with van der Waals surface area (Å²) in [5.74, 6) is 0. The van der Waals surface area contributed by atoms with Crippen LogP contribution < -0.4 is 4.90 Å². The molecule has 1 aliphatic heterocycles. The van der Waals surface area contributed by atoms with Gasteiger partial charge in [0.2, 0.25) is 0 Å². The first-order valence-corrected chi connectivity index (χ1v) is 7.62. The number of hydrogen-bond acceptors (Lipinski definition) is 2. The van der Waals surface area contributed by atoms with Crippen molar-refractivity contribution in [3.63, 3.8) is 0 Å². The zero-order chi connectivity index (χ0) is 14.4. The van der Waals surface area contributed by atoms with Gasteiger partial charge in [0.05, 0.1) is 11.4 Å². The second-order valence-corrected chi connectivity index (χ2v) is 5.45. The van der Waals surface area contributed by atoms with Crippen molar-refractivity contribution in [2.45, 2.75) is 13.8 Å². The SMILES string of the molecule is CCN(CC)c1cccc2c1C=C1C2=Nc2ccccc21. The molecule has 0 aromatic heterocycles. The van der Waals surface area contributed by atoms with Crippen LogP contribution in [0.15, 0.2) is 47.5 Å². The largest absolute Gasteiger partial charge is 0.372 e. The van der Waals surface area contributed by atoms with E-state index in [-0.39, 0.29) is 0 Å². The Hall–Kier alpha value is -2.35. The molecule has 1 heterocycles. The number of hydrogen-bond donors (Lipinski definition) is 0. The molecule has 1 aliphatic carbocycles. The molecule has 0 radical (unpaired) electrons. The van der Waals surface area contributed by atoms with Gasteiger partial charge in [-0.3, -0.25) is 0 Å². The van der Waals surface area contributed by atoms with E-state index in [0.29, 0.717) is 0 Å². The number of allylic oxidation sites excluding steroid dienone is 1. The third-order valence-electron chi connectivity index (χ3n) is 4.41. The average molecular weight is 274 g/mol. The van der Waals surface area contributed by atoms with Gasteiger partial charge in [-0.05, 0) is 32.1 Å². The minimum Gasteiger partial charge on any atom is -0.372 e. The summed E-state index contributed by atoms with van der Waals surface area (Å²) in [6, 6.07) is 15.0. The van der Waals surface area contributed by atoms with Crippen molar-refractivity contribution in [2.24, 2.45) is 4.99 Å². The fourth-order valence-corrected chi connectivity index (χ4v) is 3.35. The smallest absolute Gasteiger partial charge is 0.0795 e. The van der Waals surface area contributed by atoms with E-state index in [2.05, 4.69) is 67.3 Å². The van der Waals surface area contributed by atoms with Crippen molar-refractivity contribution < 1.29 is 0 Å². The fraction of sp³-hybridized carbons (Fsp3) is 0.211. The van der Waals surface area contributed by atoms with Gasteiger partial charge in [-0.25, -0.2) is 4.99 Å². The van der Waals surface area contributed by atoms with Crippen LogP contribution in [-0.2, 0) is 0 Å². The molecule has 4 rings (SSSR count). The topological polar surface area (TPSA) is 15.6 Å². The number of para-hydroxylation sites is 1. The zero-order valence-electron chi connectivity index (χ0n) is 12.4. The molecule has 0 fully saturated rings. The lowest BCUT2D eigenvalue weighted by atomic mass is 10.0. The summed E-state index contributed by atoms with van der Waals surface area (Å²) in [5, 5.41) is 0. The monoisotopic (exact) mass is 274 g/mol. The summed E-state index contributed by atoms with van der Waals surface area (Å²) in [7, 11) is 0. The molecule has 2 aromatic rings. The maximum atomic E-state index is 4.84. The summed E-state index contributed by atoms with van der Waals surface area (Å²) in [4.78, 5) is 7.24. The van der Waals surface area contributed by atoms with Crippen LogP contribution in [0.3, 0.4) is 0 Å². The number of nitrogens with zero attached hydrogens (tertiary/aromatic N) is 2. The van der Waals surface area contributed by atoms with E-state index in [0.717, 1.165) is 24.5 Å². The predicted octanol–water partition coefficient (Wildman–Crippen LogP) is 4.52. The van der Waals surface area contributed by atoms with Crippen molar-refractivity contribution in [1.82, 2.24) is 0 Å². The number of anilines is 1. The standard InChI is InChI=1S/C19H18N2/c1-3-21(4-2)18-11-7-9-14-15(18)12-16-13-8-5-6-10-17(13)20-19(14)16/h5-12H,3-4H2,1-2H3. The van der Waals surface area contributed by atoms with E-state index < -0.39 is 0 Å². The Morgan fingerprint density at radius 3 is 2.48 bits per heavy atom. The number of aliphatic imine (C=N–C) groups is 1. The highest BCUT2D eigenvalue weighted by molar-refractivity contribution is 6.43. The van der Waals surface area contributed by atoms with Gasteiger partial charge < -0.3 is 4.90 Å². The summed E-state index contributed by atoms with van der Waals surface area (Å²) >= 11 is 0. The predicted molar refractivity (Wildman–Crippen MR) is 90.5 cm³/mol. The van der Waals surface area contributed by atoms with E-state index in [1.165, 1.54) is 28.0 Å². The van der Waals surface area contributed by atoms with Crippen molar-refractivity contribution in [3.05, 3.63) is 59.2 Å². The molecule has 0 amide bonds. The maximum Gasteiger partial charge on any atom is 0.0795 e. The Bertz CT molecular complexity index is 780. The van der Waals surface area contributed by atoms with Crippen molar-refractivity contribution in [1.29, 1.82) is 0 Å². The summed E-state index contributed by atoms with van der Waals surface area (Å²) in [6.07, 6.45) is 2.31. The quantitative estimate of drug-likeness (QED) is 0.803. The third-order valence-corrected chi connectivity index (χ3v) is 4.41. The van der Waals surface area contributed by atoms with E-state index in [1.807, 2.05) is 0 Å². The molecule has 0 saturated carbocycles. The molecule has 0 saturated heterocycles. The van der Waals surface area contributed by atoms with Crippen LogP contribution in [0.4, 0.5) is 11.4 Å². The molecule has 2 nitrogen and oxygen atoms in total. The van der Waals surface area contributed by atoms with Crippen LogP contribution >= 0.6 is 0 Å². The molecule has 0 unspecified atom stereocenters. The van der Waals surface area contributed by atoms with Crippen molar-refractivity contribution in [3.8, 4) is 0 Å². The second-order valence-electron chi connectivity index (χ2n) is 5.45. The lowest BCUT2D eigenvalue weighted by Crippen LogP contribution is -2.22.